The minimum atomic E-state index is -0.158. The number of β-amino-alcohol motifs (C(OH)–C–C–N with tert-alkyl or cyclic N) is 1. The van der Waals surface area contributed by atoms with Crippen LogP contribution in [0, 0.1) is 0 Å². The van der Waals surface area contributed by atoms with Crippen LogP contribution in [0.3, 0.4) is 0 Å². The molecule has 25 heavy (non-hydrogen) atoms. The molecule has 0 amide bonds. The van der Waals surface area contributed by atoms with Gasteiger partial charge in [-0.15, -0.1) is 0 Å². The van der Waals surface area contributed by atoms with Crippen LogP contribution in [0.5, 0.6) is 11.5 Å². The molecule has 140 valence electrons. The van der Waals surface area contributed by atoms with E-state index in [9.17, 15) is 5.11 Å². The molecule has 5 nitrogen and oxygen atoms in total. The van der Waals surface area contributed by atoms with Crippen molar-refractivity contribution in [2.24, 2.45) is 0 Å². The Bertz CT molecular complexity index is 550. The highest BCUT2D eigenvalue weighted by molar-refractivity contribution is 5.42. The van der Waals surface area contributed by atoms with Crippen LogP contribution in [0.25, 0.3) is 0 Å². The first-order chi connectivity index (χ1) is 12.2. The molecule has 1 N–H and O–H groups in total. The summed E-state index contributed by atoms with van der Waals surface area (Å²) in [6, 6.07) is 6.51. The van der Waals surface area contributed by atoms with Gasteiger partial charge in [0.15, 0.2) is 11.5 Å². The molecule has 2 unspecified atom stereocenters. The van der Waals surface area contributed by atoms with Crippen molar-refractivity contribution in [1.82, 2.24) is 4.90 Å². The van der Waals surface area contributed by atoms with Crippen LogP contribution in [0.2, 0.25) is 0 Å². The second-order valence-corrected chi connectivity index (χ2v) is 7.14. The standard InChI is InChI=1S/C20H31NO4/c1-23-19-8-7-15(13-20(19)24-2)10-12-25-18-6-4-3-5-17(18)21-11-9-16(22)14-21/h7-8,13,16-18,22H,3-6,9-12,14H2,1-2H3/t16?,17?,18-/m1/s1. The van der Waals surface area contributed by atoms with Crippen LogP contribution >= 0.6 is 0 Å². The highest BCUT2D eigenvalue weighted by atomic mass is 16.5. The summed E-state index contributed by atoms with van der Waals surface area (Å²) >= 11 is 0. The van der Waals surface area contributed by atoms with E-state index in [1.165, 1.54) is 24.8 Å². The molecule has 1 aliphatic carbocycles. The van der Waals surface area contributed by atoms with Gasteiger partial charge >= 0.3 is 0 Å². The molecule has 1 saturated heterocycles. The summed E-state index contributed by atoms with van der Waals surface area (Å²) in [6.45, 7) is 2.52. The van der Waals surface area contributed by atoms with Gasteiger partial charge in [-0.3, -0.25) is 4.90 Å². The van der Waals surface area contributed by atoms with E-state index in [2.05, 4.69) is 11.0 Å². The summed E-state index contributed by atoms with van der Waals surface area (Å²) in [7, 11) is 3.31. The molecule has 0 bridgehead atoms. The molecule has 5 heteroatoms. The molecular weight excluding hydrogens is 318 g/mol. The number of benzene rings is 1. The van der Waals surface area contributed by atoms with E-state index in [4.69, 9.17) is 14.2 Å². The summed E-state index contributed by atoms with van der Waals surface area (Å²) in [5.74, 6) is 1.52. The van der Waals surface area contributed by atoms with Crippen molar-refractivity contribution in [1.29, 1.82) is 0 Å². The van der Waals surface area contributed by atoms with Crippen molar-refractivity contribution < 1.29 is 19.3 Å². The van der Waals surface area contributed by atoms with Gasteiger partial charge in [-0.25, -0.2) is 0 Å². The van der Waals surface area contributed by atoms with Crippen molar-refractivity contribution in [3.8, 4) is 11.5 Å². The third-order valence-electron chi connectivity index (χ3n) is 5.50. The van der Waals surface area contributed by atoms with E-state index >= 15 is 0 Å². The molecule has 0 spiro atoms. The predicted octanol–water partition coefficient (Wildman–Crippen LogP) is 2.64. The van der Waals surface area contributed by atoms with Gasteiger partial charge in [0.2, 0.25) is 0 Å². The molecule has 2 fully saturated rings. The van der Waals surface area contributed by atoms with E-state index in [1.54, 1.807) is 14.2 Å². The normalized spacial score (nSPS) is 27.4. The fourth-order valence-electron chi connectivity index (χ4n) is 4.12. The molecule has 1 aromatic rings. The predicted molar refractivity (Wildman–Crippen MR) is 97.4 cm³/mol. The lowest BCUT2D eigenvalue weighted by Gasteiger charge is -2.37. The molecule has 1 saturated carbocycles. The first-order valence-electron chi connectivity index (χ1n) is 9.46. The Morgan fingerprint density at radius 1 is 1.08 bits per heavy atom. The van der Waals surface area contributed by atoms with Crippen LogP contribution in [-0.4, -0.2) is 62.2 Å². The van der Waals surface area contributed by atoms with Crippen LogP contribution in [0.1, 0.15) is 37.7 Å². The molecule has 1 heterocycles. The molecule has 1 aromatic carbocycles. The van der Waals surface area contributed by atoms with E-state index in [1.807, 2.05) is 12.1 Å². The summed E-state index contributed by atoms with van der Waals surface area (Å²) < 4.78 is 16.9. The van der Waals surface area contributed by atoms with Crippen molar-refractivity contribution >= 4 is 0 Å². The molecule has 3 atom stereocenters. The molecule has 0 radical (unpaired) electrons. The topological polar surface area (TPSA) is 51.2 Å². The van der Waals surface area contributed by atoms with Gasteiger partial charge in [0.25, 0.3) is 0 Å². The van der Waals surface area contributed by atoms with Gasteiger partial charge in [-0.1, -0.05) is 18.9 Å². The van der Waals surface area contributed by atoms with Gasteiger partial charge in [0.1, 0.15) is 0 Å². The van der Waals surface area contributed by atoms with Crippen LogP contribution < -0.4 is 9.47 Å². The lowest BCUT2D eigenvalue weighted by molar-refractivity contribution is -0.0316. The van der Waals surface area contributed by atoms with Crippen molar-refractivity contribution in [2.75, 3.05) is 33.9 Å². The number of rotatable bonds is 7. The summed E-state index contributed by atoms with van der Waals surface area (Å²) in [6.07, 6.45) is 6.73. The number of hydrogen-bond acceptors (Lipinski definition) is 5. The van der Waals surface area contributed by atoms with Crippen LogP contribution in [0.4, 0.5) is 0 Å². The van der Waals surface area contributed by atoms with Crippen LogP contribution in [0.15, 0.2) is 18.2 Å². The molecule has 1 aliphatic heterocycles. The number of aliphatic hydroxyl groups is 1. The fourth-order valence-corrected chi connectivity index (χ4v) is 4.12. The van der Waals surface area contributed by atoms with E-state index in [0.717, 1.165) is 43.9 Å². The molecular formula is C20H31NO4. The summed E-state index contributed by atoms with van der Waals surface area (Å²) in [4.78, 5) is 2.44. The Morgan fingerprint density at radius 3 is 2.60 bits per heavy atom. The zero-order chi connectivity index (χ0) is 17.6. The van der Waals surface area contributed by atoms with E-state index in [-0.39, 0.29) is 6.10 Å². The minimum absolute atomic E-state index is 0.158. The van der Waals surface area contributed by atoms with Crippen molar-refractivity contribution in [3.05, 3.63) is 23.8 Å². The third kappa shape index (κ3) is 4.66. The third-order valence-corrected chi connectivity index (χ3v) is 5.50. The van der Waals surface area contributed by atoms with Gasteiger partial charge in [-0.2, -0.15) is 0 Å². The number of ether oxygens (including phenoxy) is 3. The van der Waals surface area contributed by atoms with E-state index in [0.29, 0.717) is 18.8 Å². The number of nitrogens with zero attached hydrogens (tertiary/aromatic N) is 1. The van der Waals surface area contributed by atoms with Gasteiger partial charge < -0.3 is 19.3 Å². The zero-order valence-electron chi connectivity index (χ0n) is 15.4. The number of aliphatic hydroxyl groups excluding tert-OH is 1. The van der Waals surface area contributed by atoms with Gasteiger partial charge in [0, 0.05) is 19.1 Å². The molecule has 2 aliphatic rings. The maximum atomic E-state index is 9.83. The number of hydrogen-bond donors (Lipinski definition) is 1. The first kappa shape index (κ1) is 18.5. The minimum Gasteiger partial charge on any atom is -0.493 e. The van der Waals surface area contributed by atoms with Gasteiger partial charge in [0.05, 0.1) is 33.0 Å². The van der Waals surface area contributed by atoms with Crippen molar-refractivity contribution in [2.45, 2.75) is 56.8 Å². The molecule has 0 aromatic heterocycles. The van der Waals surface area contributed by atoms with Crippen molar-refractivity contribution in [3.63, 3.8) is 0 Å². The SMILES string of the molecule is COc1ccc(CCO[C@@H]2CCCCC2N2CCC(O)C2)cc1OC. The fraction of sp³-hybridized carbons (Fsp3) is 0.700. The maximum absolute atomic E-state index is 9.83. The Morgan fingerprint density at radius 2 is 1.88 bits per heavy atom. The average molecular weight is 349 g/mol. The average Bonchev–Trinajstić information content (AvgIpc) is 3.08. The Balaban J connectivity index is 1.53. The largest absolute Gasteiger partial charge is 0.493 e. The zero-order valence-corrected chi connectivity index (χ0v) is 15.4. The number of methoxy groups -OCH3 is 2. The summed E-state index contributed by atoms with van der Waals surface area (Å²) in [5, 5.41) is 9.83. The Kier molecular flexibility index (Phi) is 6.57. The quantitative estimate of drug-likeness (QED) is 0.820. The first-order valence-corrected chi connectivity index (χ1v) is 9.46. The van der Waals surface area contributed by atoms with Gasteiger partial charge in [-0.05, 0) is 43.4 Å². The Hall–Kier alpha value is -1.30. The number of likely N-dealkylation sites (tertiary alicyclic amines) is 1. The second kappa shape index (κ2) is 8.88. The lowest BCUT2D eigenvalue weighted by atomic mass is 9.91. The summed E-state index contributed by atoms with van der Waals surface area (Å²) in [5.41, 5.74) is 1.20. The smallest absolute Gasteiger partial charge is 0.160 e. The lowest BCUT2D eigenvalue weighted by Crippen LogP contribution is -2.46. The maximum Gasteiger partial charge on any atom is 0.160 e. The highest BCUT2D eigenvalue weighted by Gasteiger charge is 2.34. The monoisotopic (exact) mass is 349 g/mol. The Labute approximate surface area is 150 Å². The van der Waals surface area contributed by atoms with Crippen LogP contribution in [-0.2, 0) is 11.2 Å². The highest BCUT2D eigenvalue weighted by Crippen LogP contribution is 2.30. The second-order valence-electron chi connectivity index (χ2n) is 7.14. The van der Waals surface area contributed by atoms with E-state index < -0.39 is 0 Å². The molecule has 3 rings (SSSR count).